The molecule has 1 aliphatic rings. The Labute approximate surface area is 141 Å². The van der Waals surface area contributed by atoms with Crippen molar-refractivity contribution in [2.75, 3.05) is 11.4 Å². The average Bonchev–Trinajstić information content (AvgIpc) is 3.13. The number of hydrogen-bond donors (Lipinski definition) is 0. The molecule has 0 amide bonds. The van der Waals surface area contributed by atoms with Crippen molar-refractivity contribution in [3.05, 3.63) is 52.2 Å². The quantitative estimate of drug-likeness (QED) is 0.667. The Hall–Kier alpha value is -1.94. The number of aromatic nitrogens is 2. The van der Waals surface area contributed by atoms with Gasteiger partial charge in [0.05, 0.1) is 11.4 Å². The van der Waals surface area contributed by atoms with Gasteiger partial charge in [0, 0.05) is 11.4 Å². The first-order chi connectivity index (χ1) is 11.2. The molecule has 1 saturated heterocycles. The molecule has 0 saturated carbocycles. The number of nitrogens with zero attached hydrogens (tertiary/aromatic N) is 3. The van der Waals surface area contributed by atoms with Crippen LogP contribution in [0.4, 0.5) is 5.82 Å². The molecule has 3 heterocycles. The second-order valence-electron chi connectivity index (χ2n) is 6.37. The molecule has 1 atom stereocenters. The fraction of sp³-hybridized carbons (Fsp3) is 0.368. The second-order valence-corrected chi connectivity index (χ2v) is 7.57. The van der Waals surface area contributed by atoms with Gasteiger partial charge in [0.25, 0.3) is 0 Å². The van der Waals surface area contributed by atoms with Gasteiger partial charge in [-0.1, -0.05) is 24.3 Å². The molecule has 0 bridgehead atoms. The fourth-order valence-corrected chi connectivity index (χ4v) is 4.68. The predicted molar refractivity (Wildman–Crippen MR) is 97.4 cm³/mol. The maximum absolute atomic E-state index is 4.69. The SMILES string of the molecule is Cc1ccccc1[C@H]1CCCN1c1ncnc2sc(C)c(C)c12. The molecule has 0 spiro atoms. The van der Waals surface area contributed by atoms with Gasteiger partial charge in [0.2, 0.25) is 0 Å². The van der Waals surface area contributed by atoms with Crippen molar-refractivity contribution < 1.29 is 0 Å². The lowest BCUT2D eigenvalue weighted by Crippen LogP contribution is -2.24. The number of aryl methyl sites for hydroxylation is 3. The maximum atomic E-state index is 4.69. The zero-order valence-electron chi connectivity index (χ0n) is 13.8. The minimum atomic E-state index is 0.425. The molecule has 4 rings (SSSR count). The molecule has 3 nitrogen and oxygen atoms in total. The van der Waals surface area contributed by atoms with E-state index in [1.807, 2.05) is 0 Å². The molecule has 23 heavy (non-hydrogen) atoms. The highest BCUT2D eigenvalue weighted by Gasteiger charge is 2.30. The monoisotopic (exact) mass is 323 g/mol. The van der Waals surface area contributed by atoms with Crippen molar-refractivity contribution >= 4 is 27.4 Å². The number of hydrogen-bond acceptors (Lipinski definition) is 4. The van der Waals surface area contributed by atoms with E-state index in [0.29, 0.717) is 6.04 Å². The molecule has 0 N–H and O–H groups in total. The lowest BCUT2D eigenvalue weighted by Gasteiger charge is -2.28. The van der Waals surface area contributed by atoms with Crippen LogP contribution in [0.5, 0.6) is 0 Å². The molecule has 1 aromatic carbocycles. The molecule has 3 aromatic rings. The first kappa shape index (κ1) is 14.6. The van der Waals surface area contributed by atoms with Crippen molar-refractivity contribution in [3.63, 3.8) is 0 Å². The van der Waals surface area contributed by atoms with Crippen LogP contribution in [-0.2, 0) is 0 Å². The summed E-state index contributed by atoms with van der Waals surface area (Å²) in [5.74, 6) is 1.11. The minimum Gasteiger partial charge on any atom is -0.349 e. The number of fused-ring (bicyclic) bond motifs is 1. The topological polar surface area (TPSA) is 29.0 Å². The zero-order valence-corrected chi connectivity index (χ0v) is 14.7. The molecule has 1 fully saturated rings. The number of anilines is 1. The lowest BCUT2D eigenvalue weighted by molar-refractivity contribution is 0.708. The normalized spacial score (nSPS) is 18.0. The Balaban J connectivity index is 1.85. The van der Waals surface area contributed by atoms with E-state index in [1.54, 1.807) is 17.7 Å². The van der Waals surface area contributed by atoms with E-state index >= 15 is 0 Å². The molecule has 0 aliphatic carbocycles. The average molecular weight is 323 g/mol. The summed E-state index contributed by atoms with van der Waals surface area (Å²) < 4.78 is 0. The summed E-state index contributed by atoms with van der Waals surface area (Å²) in [6, 6.07) is 9.17. The summed E-state index contributed by atoms with van der Waals surface area (Å²) in [5, 5.41) is 1.25. The van der Waals surface area contributed by atoms with Crippen LogP contribution < -0.4 is 4.90 Å². The molecular formula is C19H21N3S. The van der Waals surface area contributed by atoms with Crippen LogP contribution in [0.1, 0.15) is 40.5 Å². The van der Waals surface area contributed by atoms with Crippen LogP contribution in [0, 0.1) is 20.8 Å². The van der Waals surface area contributed by atoms with Gasteiger partial charge in [-0.15, -0.1) is 11.3 Å². The molecule has 0 unspecified atom stereocenters. The van der Waals surface area contributed by atoms with Gasteiger partial charge in [-0.25, -0.2) is 9.97 Å². The summed E-state index contributed by atoms with van der Waals surface area (Å²) in [6.07, 6.45) is 4.13. The minimum absolute atomic E-state index is 0.425. The highest BCUT2D eigenvalue weighted by Crippen LogP contribution is 2.41. The number of rotatable bonds is 2. The van der Waals surface area contributed by atoms with Crippen molar-refractivity contribution in [1.82, 2.24) is 9.97 Å². The second kappa shape index (κ2) is 5.60. The van der Waals surface area contributed by atoms with Crippen molar-refractivity contribution in [2.45, 2.75) is 39.7 Å². The third-order valence-electron chi connectivity index (χ3n) is 5.02. The van der Waals surface area contributed by atoms with Gasteiger partial charge in [0.1, 0.15) is 17.0 Å². The van der Waals surface area contributed by atoms with Crippen LogP contribution in [0.2, 0.25) is 0 Å². The standard InChI is InChI=1S/C19H21N3S/c1-12-7-4-5-8-15(12)16-9-6-10-22(16)18-17-13(2)14(3)23-19(17)21-11-20-18/h4-5,7-8,11,16H,6,9-10H2,1-3H3/t16-/m1/s1. The summed E-state index contributed by atoms with van der Waals surface area (Å²) in [5.41, 5.74) is 4.13. The molecule has 2 aromatic heterocycles. The van der Waals surface area contributed by atoms with Gasteiger partial charge in [0.15, 0.2) is 0 Å². The molecular weight excluding hydrogens is 302 g/mol. The first-order valence-corrected chi connectivity index (χ1v) is 9.01. The van der Waals surface area contributed by atoms with Gasteiger partial charge in [-0.3, -0.25) is 0 Å². The van der Waals surface area contributed by atoms with E-state index in [9.17, 15) is 0 Å². The van der Waals surface area contributed by atoms with Crippen molar-refractivity contribution in [3.8, 4) is 0 Å². The van der Waals surface area contributed by atoms with Crippen molar-refractivity contribution in [2.24, 2.45) is 0 Å². The van der Waals surface area contributed by atoms with Gasteiger partial charge in [-0.05, 0) is 50.3 Å². The van der Waals surface area contributed by atoms with Crippen LogP contribution in [-0.4, -0.2) is 16.5 Å². The van der Waals surface area contributed by atoms with E-state index < -0.39 is 0 Å². The van der Waals surface area contributed by atoms with Crippen LogP contribution in [0.25, 0.3) is 10.2 Å². The van der Waals surface area contributed by atoms with E-state index in [2.05, 4.69) is 59.9 Å². The van der Waals surface area contributed by atoms with Gasteiger partial charge < -0.3 is 4.90 Å². The molecule has 0 radical (unpaired) electrons. The van der Waals surface area contributed by atoms with Gasteiger partial charge >= 0.3 is 0 Å². The summed E-state index contributed by atoms with van der Waals surface area (Å²) in [7, 11) is 0. The summed E-state index contributed by atoms with van der Waals surface area (Å²) >= 11 is 1.77. The number of thiophene rings is 1. The Bertz CT molecular complexity index is 868. The lowest BCUT2D eigenvalue weighted by atomic mass is 9.99. The summed E-state index contributed by atoms with van der Waals surface area (Å²) in [4.78, 5) is 14.1. The van der Waals surface area contributed by atoms with Gasteiger partial charge in [-0.2, -0.15) is 0 Å². The Kier molecular flexibility index (Phi) is 3.57. The first-order valence-electron chi connectivity index (χ1n) is 8.19. The largest absolute Gasteiger partial charge is 0.349 e. The van der Waals surface area contributed by atoms with E-state index in [-0.39, 0.29) is 0 Å². The predicted octanol–water partition coefficient (Wildman–Crippen LogP) is 4.96. The van der Waals surface area contributed by atoms with Crippen LogP contribution >= 0.6 is 11.3 Å². The molecule has 4 heteroatoms. The summed E-state index contributed by atoms with van der Waals surface area (Å²) in [6.45, 7) is 7.65. The Morgan fingerprint density at radius 3 is 2.78 bits per heavy atom. The van der Waals surface area contributed by atoms with Crippen LogP contribution in [0.3, 0.4) is 0 Å². The van der Waals surface area contributed by atoms with E-state index in [1.165, 1.54) is 39.8 Å². The van der Waals surface area contributed by atoms with E-state index in [4.69, 9.17) is 0 Å². The van der Waals surface area contributed by atoms with Crippen molar-refractivity contribution in [1.29, 1.82) is 0 Å². The molecule has 1 aliphatic heterocycles. The smallest absolute Gasteiger partial charge is 0.141 e. The Morgan fingerprint density at radius 1 is 1.13 bits per heavy atom. The third kappa shape index (κ3) is 2.32. The van der Waals surface area contributed by atoms with Crippen LogP contribution in [0.15, 0.2) is 30.6 Å². The van der Waals surface area contributed by atoms with E-state index in [0.717, 1.165) is 17.2 Å². The molecule has 118 valence electrons. The fourth-order valence-electron chi connectivity index (χ4n) is 3.69. The maximum Gasteiger partial charge on any atom is 0.141 e. The highest BCUT2D eigenvalue weighted by atomic mass is 32.1. The number of benzene rings is 1. The third-order valence-corrected chi connectivity index (χ3v) is 6.13. The zero-order chi connectivity index (χ0) is 16.0. The Morgan fingerprint density at radius 2 is 1.96 bits per heavy atom. The highest BCUT2D eigenvalue weighted by molar-refractivity contribution is 7.18.